The maximum atomic E-state index is 9.82. The third-order valence-corrected chi connectivity index (χ3v) is 7.13. The maximum Gasteiger partial charge on any atom is 0.213 e. The highest BCUT2D eigenvalue weighted by Gasteiger charge is 2.27. The number of thioether (sulfide) groups is 1. The van der Waals surface area contributed by atoms with Crippen molar-refractivity contribution in [1.29, 1.82) is 0 Å². The molecule has 0 saturated carbocycles. The molecule has 0 unspecified atom stereocenters. The van der Waals surface area contributed by atoms with Crippen molar-refractivity contribution in [2.45, 2.75) is 18.4 Å². The van der Waals surface area contributed by atoms with E-state index < -0.39 is 0 Å². The molecule has 1 aliphatic rings. The first kappa shape index (κ1) is 21.6. The number of hydrogen-bond donors (Lipinski definition) is 1. The lowest BCUT2D eigenvalue weighted by atomic mass is 10.0. The molecule has 1 aliphatic heterocycles. The van der Waals surface area contributed by atoms with Gasteiger partial charge in [0, 0.05) is 29.6 Å². The molecule has 0 bridgehead atoms. The van der Waals surface area contributed by atoms with Gasteiger partial charge in [-0.05, 0) is 48.4 Å². The van der Waals surface area contributed by atoms with Crippen LogP contribution in [0.3, 0.4) is 0 Å². The number of anilines is 1. The van der Waals surface area contributed by atoms with Gasteiger partial charge in [-0.2, -0.15) is 4.57 Å². The predicted octanol–water partition coefficient (Wildman–Crippen LogP) is 5.73. The molecule has 4 nitrogen and oxygen atoms in total. The third-order valence-electron chi connectivity index (χ3n) is 6.02. The molecule has 0 amide bonds. The van der Waals surface area contributed by atoms with Crippen molar-refractivity contribution < 1.29 is 14.4 Å². The van der Waals surface area contributed by atoms with E-state index >= 15 is 0 Å². The number of aliphatic hydroxyl groups excluding tert-OH is 1. The Morgan fingerprint density at radius 1 is 0.970 bits per heavy atom. The fourth-order valence-electron chi connectivity index (χ4n) is 4.40. The zero-order valence-corrected chi connectivity index (χ0v) is 19.7. The Bertz CT molecular complexity index is 1330. The van der Waals surface area contributed by atoms with Crippen molar-refractivity contribution in [3.05, 3.63) is 89.6 Å². The van der Waals surface area contributed by atoms with Crippen molar-refractivity contribution in [3.8, 4) is 16.9 Å². The van der Waals surface area contributed by atoms with Gasteiger partial charge in [-0.3, -0.25) is 0 Å². The van der Waals surface area contributed by atoms with Gasteiger partial charge < -0.3 is 14.7 Å². The summed E-state index contributed by atoms with van der Waals surface area (Å²) in [7, 11) is 1.70. The van der Waals surface area contributed by atoms with Gasteiger partial charge in [0.1, 0.15) is 12.3 Å². The fraction of sp³-hybridized carbons (Fsp3) is 0.179. The Kier molecular flexibility index (Phi) is 6.07. The molecule has 1 aromatic heterocycles. The maximum absolute atomic E-state index is 9.82. The van der Waals surface area contributed by atoms with Crippen molar-refractivity contribution in [1.82, 2.24) is 0 Å². The molecule has 0 atom stereocenters. The van der Waals surface area contributed by atoms with Crippen LogP contribution in [0.1, 0.15) is 12.6 Å². The first-order valence-electron chi connectivity index (χ1n) is 11.2. The van der Waals surface area contributed by atoms with E-state index in [2.05, 4.69) is 89.2 Å². The van der Waals surface area contributed by atoms with Crippen LogP contribution in [0.5, 0.6) is 5.75 Å². The lowest BCUT2D eigenvalue weighted by molar-refractivity contribution is -0.669. The smallest absolute Gasteiger partial charge is 0.213 e. The van der Waals surface area contributed by atoms with Crippen LogP contribution in [0.15, 0.2) is 88.8 Å². The SMILES string of the molecule is CC[n+]1c(C=C2Sc3ccc(-c4ccccc4)cc3N2CCO)ccc2cc(OC)ccc21. The molecule has 2 heterocycles. The number of nitrogens with zero attached hydrogens (tertiary/aromatic N) is 2. The van der Waals surface area contributed by atoms with Gasteiger partial charge in [-0.1, -0.05) is 48.2 Å². The molecular weight excluding hydrogens is 428 g/mol. The standard InChI is InChI=1S/C28H27N2O2S/c1-3-29-23(11-9-22-17-24(32-2)12-13-25(22)29)19-28-30(15-16-31)26-18-21(10-14-27(26)33-28)20-7-5-4-6-8-20/h4-14,17-19,31H,3,15-16H2,1-2H3/q+1. The average molecular weight is 456 g/mol. The number of hydrogen-bond acceptors (Lipinski definition) is 4. The van der Waals surface area contributed by atoms with E-state index in [0.717, 1.165) is 34.1 Å². The Labute approximate surface area is 198 Å². The Balaban J connectivity index is 1.57. The second-order valence-corrected chi connectivity index (χ2v) is 9.00. The summed E-state index contributed by atoms with van der Waals surface area (Å²) in [6.07, 6.45) is 2.23. The monoisotopic (exact) mass is 455 g/mol. The Morgan fingerprint density at radius 2 is 1.82 bits per heavy atom. The lowest BCUT2D eigenvalue weighted by Crippen LogP contribution is -2.37. The fourth-order valence-corrected chi connectivity index (χ4v) is 5.51. The number of methoxy groups -OCH3 is 1. The van der Waals surface area contributed by atoms with Gasteiger partial charge in [0.15, 0.2) is 0 Å². The van der Waals surface area contributed by atoms with Crippen molar-refractivity contribution in [2.24, 2.45) is 0 Å². The second-order valence-electron chi connectivity index (χ2n) is 7.94. The molecule has 0 fully saturated rings. The summed E-state index contributed by atoms with van der Waals surface area (Å²) in [4.78, 5) is 3.44. The summed E-state index contributed by atoms with van der Waals surface area (Å²) in [5, 5.41) is 12.1. The van der Waals surface area contributed by atoms with Crippen LogP contribution in [0, 0.1) is 0 Å². The molecule has 5 rings (SSSR count). The molecule has 1 N–H and O–H groups in total. The van der Waals surface area contributed by atoms with E-state index in [0.29, 0.717) is 6.54 Å². The van der Waals surface area contributed by atoms with Crippen LogP contribution in [0.4, 0.5) is 5.69 Å². The molecule has 166 valence electrons. The van der Waals surface area contributed by atoms with E-state index in [1.54, 1.807) is 18.9 Å². The van der Waals surface area contributed by atoms with Crippen LogP contribution in [-0.2, 0) is 6.54 Å². The molecule has 5 heteroatoms. The van der Waals surface area contributed by atoms with E-state index in [4.69, 9.17) is 4.74 Å². The minimum absolute atomic E-state index is 0.0954. The predicted molar refractivity (Wildman–Crippen MR) is 137 cm³/mol. The molecule has 4 aromatic rings. The first-order valence-corrected chi connectivity index (χ1v) is 12.0. The minimum atomic E-state index is 0.0954. The quantitative estimate of drug-likeness (QED) is 0.377. The van der Waals surface area contributed by atoms with E-state index in [9.17, 15) is 5.11 Å². The summed E-state index contributed by atoms with van der Waals surface area (Å²) in [5.41, 5.74) is 5.84. The number of fused-ring (bicyclic) bond motifs is 2. The zero-order chi connectivity index (χ0) is 22.8. The van der Waals surface area contributed by atoms with Crippen LogP contribution < -0.4 is 14.2 Å². The van der Waals surface area contributed by atoms with E-state index in [-0.39, 0.29) is 6.61 Å². The third kappa shape index (κ3) is 4.10. The topological polar surface area (TPSA) is 36.6 Å². The molecule has 0 saturated heterocycles. The summed E-state index contributed by atoms with van der Waals surface area (Å²) < 4.78 is 7.71. The highest BCUT2D eigenvalue weighted by molar-refractivity contribution is 8.03. The van der Waals surface area contributed by atoms with Gasteiger partial charge in [-0.15, -0.1) is 0 Å². The highest BCUT2D eigenvalue weighted by atomic mass is 32.2. The molecule has 33 heavy (non-hydrogen) atoms. The summed E-state index contributed by atoms with van der Waals surface area (Å²) in [6, 6.07) is 27.5. The highest BCUT2D eigenvalue weighted by Crippen LogP contribution is 2.47. The van der Waals surface area contributed by atoms with Crippen molar-refractivity contribution >= 4 is 34.4 Å². The van der Waals surface area contributed by atoms with E-state index in [1.165, 1.54) is 21.5 Å². The summed E-state index contributed by atoms with van der Waals surface area (Å²) in [6.45, 7) is 3.68. The summed E-state index contributed by atoms with van der Waals surface area (Å²) >= 11 is 1.76. The van der Waals surface area contributed by atoms with Crippen LogP contribution in [0.25, 0.3) is 28.1 Å². The summed E-state index contributed by atoms with van der Waals surface area (Å²) in [5.74, 6) is 0.862. The zero-order valence-electron chi connectivity index (χ0n) is 18.9. The molecule has 0 aliphatic carbocycles. The number of pyridine rings is 1. The first-order chi connectivity index (χ1) is 16.2. The normalized spacial score (nSPS) is 14.2. The molecule has 3 aromatic carbocycles. The average Bonchev–Trinajstić information content (AvgIpc) is 3.20. The second kappa shape index (κ2) is 9.30. The number of aliphatic hydroxyl groups is 1. The number of aryl methyl sites for hydroxylation is 1. The Hall–Kier alpha value is -3.28. The largest absolute Gasteiger partial charge is 0.497 e. The van der Waals surface area contributed by atoms with E-state index in [1.807, 2.05) is 12.1 Å². The van der Waals surface area contributed by atoms with Gasteiger partial charge in [-0.25, -0.2) is 0 Å². The number of aromatic nitrogens is 1. The number of benzene rings is 3. The van der Waals surface area contributed by atoms with Crippen molar-refractivity contribution in [2.75, 3.05) is 25.2 Å². The Morgan fingerprint density at radius 3 is 2.58 bits per heavy atom. The van der Waals surface area contributed by atoms with Gasteiger partial charge in [0.05, 0.1) is 29.8 Å². The van der Waals surface area contributed by atoms with Crippen LogP contribution >= 0.6 is 11.8 Å². The van der Waals surface area contributed by atoms with Gasteiger partial charge >= 0.3 is 0 Å². The molecule has 0 spiro atoms. The number of β-amino-alcohol motifs (C(OH)–C–C–N with tert-alkyl or cyclic N) is 1. The number of rotatable bonds is 6. The van der Waals surface area contributed by atoms with Gasteiger partial charge in [0.2, 0.25) is 11.2 Å². The molecular formula is C28H27N2O2S+. The molecule has 0 radical (unpaired) electrons. The van der Waals surface area contributed by atoms with Gasteiger partial charge in [0.25, 0.3) is 0 Å². The van der Waals surface area contributed by atoms with Crippen LogP contribution in [-0.4, -0.2) is 25.4 Å². The minimum Gasteiger partial charge on any atom is -0.497 e. The number of ether oxygens (including phenoxy) is 1. The van der Waals surface area contributed by atoms with Crippen LogP contribution in [0.2, 0.25) is 0 Å². The van der Waals surface area contributed by atoms with Crippen molar-refractivity contribution in [3.63, 3.8) is 0 Å². The lowest BCUT2D eigenvalue weighted by Gasteiger charge is -2.19.